The summed E-state index contributed by atoms with van der Waals surface area (Å²) >= 11 is 0. The molecule has 0 atom stereocenters. The average Bonchev–Trinajstić information content (AvgIpc) is 3.02. The van der Waals surface area contributed by atoms with Crippen LogP contribution in [0.3, 0.4) is 0 Å². The van der Waals surface area contributed by atoms with E-state index in [-0.39, 0.29) is 0 Å². The third-order valence-corrected chi connectivity index (χ3v) is 4.85. The first-order valence-corrected chi connectivity index (χ1v) is 8.74. The Morgan fingerprint density at radius 1 is 0.778 bits per heavy atom. The molecule has 0 aliphatic rings. The van der Waals surface area contributed by atoms with Crippen molar-refractivity contribution in [2.24, 2.45) is 12.8 Å². The Labute approximate surface area is 159 Å². The summed E-state index contributed by atoms with van der Waals surface area (Å²) in [4.78, 5) is 0. The monoisotopic (exact) mass is 370 g/mol. The molecule has 0 fully saturated rings. The Morgan fingerprint density at radius 3 is 1.93 bits per heavy atom. The molecule has 144 valence electrons. The van der Waals surface area contributed by atoms with Crippen LogP contribution in [0, 0.1) is 0 Å². The topological polar surface area (TPSA) is 67.9 Å². The Hall–Kier alpha value is -2.86. The molecular formula is C21H26N2O4. The lowest BCUT2D eigenvalue weighted by Crippen LogP contribution is -2.06. The summed E-state index contributed by atoms with van der Waals surface area (Å²) in [5, 5.41) is 1.07. The fourth-order valence-corrected chi connectivity index (χ4v) is 3.44. The maximum atomic E-state index is 5.85. The van der Waals surface area contributed by atoms with Gasteiger partial charge in [-0.15, -0.1) is 0 Å². The van der Waals surface area contributed by atoms with Crippen molar-refractivity contribution in [3.05, 3.63) is 35.9 Å². The molecule has 0 unspecified atom stereocenters. The van der Waals surface area contributed by atoms with Crippen molar-refractivity contribution in [2.45, 2.75) is 6.42 Å². The summed E-state index contributed by atoms with van der Waals surface area (Å²) in [5.41, 5.74) is 10.1. The summed E-state index contributed by atoms with van der Waals surface area (Å²) in [5.74, 6) is 2.80. The van der Waals surface area contributed by atoms with Crippen LogP contribution in [0.25, 0.3) is 22.2 Å². The van der Waals surface area contributed by atoms with Crippen LogP contribution in [-0.4, -0.2) is 39.6 Å². The highest BCUT2D eigenvalue weighted by Gasteiger charge is 2.17. The smallest absolute Gasteiger partial charge is 0.162 e. The van der Waals surface area contributed by atoms with Crippen LogP contribution in [0.1, 0.15) is 5.56 Å². The molecule has 0 saturated carbocycles. The van der Waals surface area contributed by atoms with Crippen molar-refractivity contribution in [1.82, 2.24) is 4.57 Å². The molecule has 6 heteroatoms. The van der Waals surface area contributed by atoms with E-state index in [9.17, 15) is 0 Å². The van der Waals surface area contributed by atoms with E-state index < -0.39 is 0 Å². The second-order valence-electron chi connectivity index (χ2n) is 6.26. The average molecular weight is 370 g/mol. The standard InChI is InChI=1S/C21H26N2O4/c1-23-16-12-21(27-5)19(25-3)10-14(16)8-17(23)15-11-20(26-4)18(24-2)9-13(15)6-7-22/h8-12H,6-7,22H2,1-5H3. The van der Waals surface area contributed by atoms with Crippen LogP contribution in [-0.2, 0) is 13.5 Å². The molecule has 0 saturated heterocycles. The Balaban J connectivity index is 2.26. The highest BCUT2D eigenvalue weighted by atomic mass is 16.5. The third-order valence-electron chi connectivity index (χ3n) is 4.85. The first-order chi connectivity index (χ1) is 13.1. The summed E-state index contributed by atoms with van der Waals surface area (Å²) < 4.78 is 24.0. The van der Waals surface area contributed by atoms with Crippen LogP contribution in [0.15, 0.2) is 30.3 Å². The van der Waals surface area contributed by atoms with Crippen LogP contribution in [0.5, 0.6) is 23.0 Å². The molecular weight excluding hydrogens is 344 g/mol. The number of methoxy groups -OCH3 is 4. The van der Waals surface area contributed by atoms with Gasteiger partial charge in [-0.25, -0.2) is 0 Å². The molecule has 2 aromatic carbocycles. The van der Waals surface area contributed by atoms with Gasteiger partial charge in [0.2, 0.25) is 0 Å². The van der Waals surface area contributed by atoms with E-state index in [0.717, 1.165) is 34.1 Å². The van der Waals surface area contributed by atoms with E-state index in [1.54, 1.807) is 28.4 Å². The van der Waals surface area contributed by atoms with Crippen molar-refractivity contribution >= 4 is 10.9 Å². The van der Waals surface area contributed by atoms with Gasteiger partial charge in [0.25, 0.3) is 0 Å². The molecule has 0 radical (unpaired) electrons. The lowest BCUT2D eigenvalue weighted by atomic mass is 10.0. The highest BCUT2D eigenvalue weighted by Crippen LogP contribution is 2.40. The van der Waals surface area contributed by atoms with Crippen molar-refractivity contribution in [3.8, 4) is 34.3 Å². The number of hydrogen-bond acceptors (Lipinski definition) is 5. The molecule has 0 aliphatic carbocycles. The number of ether oxygens (including phenoxy) is 4. The Kier molecular flexibility index (Phi) is 5.46. The molecule has 0 aliphatic heterocycles. The number of nitrogens with two attached hydrogens (primary N) is 1. The minimum absolute atomic E-state index is 0.550. The van der Waals surface area contributed by atoms with Gasteiger partial charge >= 0.3 is 0 Å². The molecule has 2 N–H and O–H groups in total. The quantitative estimate of drug-likeness (QED) is 0.691. The summed E-state index contributed by atoms with van der Waals surface area (Å²) in [6, 6.07) is 10.1. The second-order valence-corrected chi connectivity index (χ2v) is 6.26. The normalized spacial score (nSPS) is 10.9. The van der Waals surface area contributed by atoms with Crippen molar-refractivity contribution < 1.29 is 18.9 Å². The minimum atomic E-state index is 0.550. The van der Waals surface area contributed by atoms with Gasteiger partial charge in [0.05, 0.1) is 34.0 Å². The second kappa shape index (κ2) is 7.80. The zero-order valence-corrected chi connectivity index (χ0v) is 16.5. The van der Waals surface area contributed by atoms with Gasteiger partial charge in [-0.2, -0.15) is 0 Å². The van der Waals surface area contributed by atoms with Crippen molar-refractivity contribution in [3.63, 3.8) is 0 Å². The molecule has 3 rings (SSSR count). The fraction of sp³-hybridized carbons (Fsp3) is 0.333. The zero-order valence-electron chi connectivity index (χ0n) is 16.5. The predicted molar refractivity (Wildman–Crippen MR) is 107 cm³/mol. The van der Waals surface area contributed by atoms with Gasteiger partial charge in [-0.3, -0.25) is 0 Å². The van der Waals surface area contributed by atoms with Crippen molar-refractivity contribution in [1.29, 1.82) is 0 Å². The number of rotatable bonds is 7. The third kappa shape index (κ3) is 3.28. The van der Waals surface area contributed by atoms with E-state index in [0.29, 0.717) is 29.5 Å². The van der Waals surface area contributed by atoms with Crippen LogP contribution >= 0.6 is 0 Å². The molecule has 0 spiro atoms. The molecule has 27 heavy (non-hydrogen) atoms. The van der Waals surface area contributed by atoms with E-state index in [2.05, 4.69) is 10.6 Å². The Bertz CT molecular complexity index is 963. The van der Waals surface area contributed by atoms with Crippen LogP contribution in [0.4, 0.5) is 0 Å². The van der Waals surface area contributed by atoms with Crippen LogP contribution < -0.4 is 24.7 Å². The lowest BCUT2D eigenvalue weighted by Gasteiger charge is -2.15. The SMILES string of the molecule is COc1cc(CCN)c(-c2cc3cc(OC)c(OC)cc3n2C)cc1OC. The van der Waals surface area contributed by atoms with E-state index in [1.807, 2.05) is 31.3 Å². The predicted octanol–water partition coefficient (Wildman–Crippen LogP) is 3.38. The molecule has 3 aromatic rings. The molecule has 1 heterocycles. The van der Waals surface area contributed by atoms with Crippen LogP contribution in [0.2, 0.25) is 0 Å². The molecule has 6 nitrogen and oxygen atoms in total. The summed E-state index contributed by atoms with van der Waals surface area (Å²) in [6.45, 7) is 0.550. The Morgan fingerprint density at radius 2 is 1.33 bits per heavy atom. The number of benzene rings is 2. The minimum Gasteiger partial charge on any atom is -0.493 e. The van der Waals surface area contributed by atoms with Crippen molar-refractivity contribution in [2.75, 3.05) is 35.0 Å². The number of aromatic nitrogens is 1. The van der Waals surface area contributed by atoms with Gasteiger partial charge in [0.1, 0.15) is 0 Å². The lowest BCUT2D eigenvalue weighted by molar-refractivity contribution is 0.354. The van der Waals surface area contributed by atoms with Gasteiger partial charge in [-0.1, -0.05) is 0 Å². The van der Waals surface area contributed by atoms with Gasteiger partial charge < -0.3 is 29.2 Å². The maximum absolute atomic E-state index is 5.85. The van der Waals surface area contributed by atoms with E-state index in [4.69, 9.17) is 24.7 Å². The first kappa shape index (κ1) is 18.9. The van der Waals surface area contributed by atoms with E-state index >= 15 is 0 Å². The van der Waals surface area contributed by atoms with Gasteiger partial charge in [-0.05, 0) is 42.8 Å². The first-order valence-electron chi connectivity index (χ1n) is 8.74. The zero-order chi connectivity index (χ0) is 19.6. The fourth-order valence-electron chi connectivity index (χ4n) is 3.44. The number of hydrogen-bond donors (Lipinski definition) is 1. The van der Waals surface area contributed by atoms with Gasteiger partial charge in [0.15, 0.2) is 23.0 Å². The molecule has 0 amide bonds. The van der Waals surface area contributed by atoms with Gasteiger partial charge in [0, 0.05) is 29.8 Å². The highest BCUT2D eigenvalue weighted by molar-refractivity contribution is 5.90. The van der Waals surface area contributed by atoms with E-state index in [1.165, 1.54) is 0 Å². The number of aryl methyl sites for hydroxylation is 1. The maximum Gasteiger partial charge on any atom is 0.162 e. The summed E-state index contributed by atoms with van der Waals surface area (Å²) in [7, 11) is 8.59. The summed E-state index contributed by atoms with van der Waals surface area (Å²) in [6.07, 6.45) is 0.740. The largest absolute Gasteiger partial charge is 0.493 e. The molecule has 0 bridgehead atoms. The molecule has 1 aromatic heterocycles. The number of nitrogens with zero attached hydrogens (tertiary/aromatic N) is 1. The number of fused-ring (bicyclic) bond motifs is 1.